The Bertz CT molecular complexity index is 799. The molecule has 0 spiro atoms. The van der Waals surface area contributed by atoms with Crippen LogP contribution in [0.2, 0.25) is 5.02 Å². The maximum absolute atomic E-state index is 12.6. The number of halogens is 2. The number of carbonyl (C=O) groups excluding carboxylic acids is 1. The molecular weight excluding hydrogens is 352 g/mol. The molecule has 0 radical (unpaired) electrons. The van der Waals surface area contributed by atoms with Crippen LogP contribution in [0.1, 0.15) is 16.1 Å². The van der Waals surface area contributed by atoms with Crippen LogP contribution >= 0.6 is 27.5 Å². The number of carbonyl (C=O) groups is 1. The highest BCUT2D eigenvalue weighted by molar-refractivity contribution is 9.10. The van der Waals surface area contributed by atoms with Gasteiger partial charge in [-0.1, -0.05) is 29.8 Å². The Morgan fingerprint density at radius 2 is 1.86 bits per heavy atom. The van der Waals surface area contributed by atoms with Crippen molar-refractivity contribution in [1.82, 2.24) is 9.78 Å². The minimum absolute atomic E-state index is 0.103. The fourth-order valence-electron chi connectivity index (χ4n) is 2.04. The molecule has 0 unspecified atom stereocenters. The lowest BCUT2D eigenvalue weighted by Crippen LogP contribution is -2.10. The fraction of sp³-hybridized carbons (Fsp3) is 0. The molecule has 0 aliphatic heterocycles. The second-order valence-corrected chi connectivity index (χ2v) is 5.68. The van der Waals surface area contributed by atoms with Crippen molar-refractivity contribution in [2.45, 2.75) is 0 Å². The van der Waals surface area contributed by atoms with E-state index in [0.29, 0.717) is 20.8 Å². The lowest BCUT2D eigenvalue weighted by molar-refractivity contribution is 0.103. The smallest absolute Gasteiger partial charge is 0.211 e. The molecule has 3 aromatic rings. The van der Waals surface area contributed by atoms with Crippen LogP contribution in [0.15, 0.2) is 65.3 Å². The Hall–Kier alpha value is -1.91. The van der Waals surface area contributed by atoms with Gasteiger partial charge in [-0.15, -0.1) is 0 Å². The number of ketones is 1. The summed E-state index contributed by atoms with van der Waals surface area (Å²) in [6.07, 6.45) is 1.62. The molecular formula is C16H10BrClN2O. The van der Waals surface area contributed by atoms with E-state index in [1.165, 1.54) is 0 Å². The van der Waals surface area contributed by atoms with Crippen molar-refractivity contribution >= 4 is 33.3 Å². The second-order valence-electron chi connectivity index (χ2n) is 4.42. The highest BCUT2D eigenvalue weighted by Crippen LogP contribution is 2.24. The Labute approximate surface area is 135 Å². The van der Waals surface area contributed by atoms with Crippen LogP contribution in [-0.2, 0) is 0 Å². The van der Waals surface area contributed by atoms with E-state index in [9.17, 15) is 4.79 Å². The summed E-state index contributed by atoms with van der Waals surface area (Å²) >= 11 is 9.30. The maximum atomic E-state index is 12.6. The molecule has 21 heavy (non-hydrogen) atoms. The van der Waals surface area contributed by atoms with Gasteiger partial charge < -0.3 is 0 Å². The molecule has 0 N–H and O–H groups in total. The van der Waals surface area contributed by atoms with Gasteiger partial charge in [0.2, 0.25) is 5.78 Å². The van der Waals surface area contributed by atoms with Gasteiger partial charge in [0.05, 0.1) is 16.9 Å². The van der Waals surface area contributed by atoms with Crippen LogP contribution in [-0.4, -0.2) is 15.6 Å². The molecule has 0 amide bonds. The molecule has 2 aromatic carbocycles. The molecule has 0 fully saturated rings. The first-order chi connectivity index (χ1) is 10.2. The summed E-state index contributed by atoms with van der Waals surface area (Å²) < 4.78 is 2.32. The largest absolute Gasteiger partial charge is 0.287 e. The molecule has 0 aliphatic carbocycles. The van der Waals surface area contributed by atoms with E-state index in [1.807, 2.05) is 30.3 Å². The number of aromatic nitrogens is 2. The molecule has 1 aromatic heterocycles. The van der Waals surface area contributed by atoms with Crippen LogP contribution in [0.5, 0.6) is 0 Å². The van der Waals surface area contributed by atoms with Crippen molar-refractivity contribution in [3.63, 3.8) is 0 Å². The van der Waals surface area contributed by atoms with Gasteiger partial charge in [-0.25, -0.2) is 4.68 Å². The van der Waals surface area contributed by atoms with Crippen LogP contribution in [0.4, 0.5) is 0 Å². The molecule has 104 valence electrons. The molecule has 0 atom stereocenters. The highest BCUT2D eigenvalue weighted by atomic mass is 79.9. The highest BCUT2D eigenvalue weighted by Gasteiger charge is 2.16. The second kappa shape index (κ2) is 5.84. The van der Waals surface area contributed by atoms with Crippen molar-refractivity contribution in [2.75, 3.05) is 0 Å². The summed E-state index contributed by atoms with van der Waals surface area (Å²) in [5, 5.41) is 4.80. The quantitative estimate of drug-likeness (QED) is 0.643. The van der Waals surface area contributed by atoms with Gasteiger partial charge in [0.15, 0.2) is 0 Å². The number of nitrogens with zero attached hydrogens (tertiary/aromatic N) is 2. The van der Waals surface area contributed by atoms with Crippen molar-refractivity contribution in [3.05, 3.63) is 81.5 Å². The third-order valence-electron chi connectivity index (χ3n) is 3.06. The SMILES string of the molecule is O=C(c1ccc(Cl)c(Br)c1)c1ccnn1-c1ccccc1. The summed E-state index contributed by atoms with van der Waals surface area (Å²) in [4.78, 5) is 12.6. The average molecular weight is 362 g/mol. The van der Waals surface area contributed by atoms with Gasteiger partial charge in [-0.05, 0) is 52.3 Å². The number of hydrogen-bond donors (Lipinski definition) is 0. The monoisotopic (exact) mass is 360 g/mol. The predicted octanol–water partition coefficient (Wildman–Crippen LogP) is 4.52. The van der Waals surface area contributed by atoms with Gasteiger partial charge in [0.1, 0.15) is 5.69 Å². The summed E-state index contributed by atoms with van der Waals surface area (Å²) in [6, 6.07) is 16.4. The first-order valence-corrected chi connectivity index (χ1v) is 7.43. The topological polar surface area (TPSA) is 34.9 Å². The van der Waals surface area contributed by atoms with Crippen LogP contribution < -0.4 is 0 Å². The first-order valence-electron chi connectivity index (χ1n) is 6.26. The maximum Gasteiger partial charge on any atom is 0.211 e. The lowest BCUT2D eigenvalue weighted by atomic mass is 10.1. The third kappa shape index (κ3) is 2.77. The molecule has 3 nitrogen and oxygen atoms in total. The van der Waals surface area contributed by atoms with Crippen LogP contribution in [0.3, 0.4) is 0 Å². The first kappa shape index (κ1) is 14.0. The molecule has 0 saturated carbocycles. The minimum Gasteiger partial charge on any atom is -0.287 e. The molecule has 0 bridgehead atoms. The Morgan fingerprint density at radius 1 is 1.10 bits per heavy atom. The molecule has 5 heteroatoms. The average Bonchev–Trinajstić information content (AvgIpc) is 2.99. The summed E-state index contributed by atoms with van der Waals surface area (Å²) in [5.41, 5.74) is 1.92. The molecule has 1 heterocycles. The third-order valence-corrected chi connectivity index (χ3v) is 4.27. The lowest BCUT2D eigenvalue weighted by Gasteiger charge is -2.07. The van der Waals surface area contributed by atoms with Crippen molar-refractivity contribution < 1.29 is 4.79 Å². The summed E-state index contributed by atoms with van der Waals surface area (Å²) in [6.45, 7) is 0. The Kier molecular flexibility index (Phi) is 3.90. The zero-order valence-corrected chi connectivity index (χ0v) is 13.2. The van der Waals surface area contributed by atoms with E-state index in [0.717, 1.165) is 5.69 Å². The normalized spacial score (nSPS) is 10.6. The fourth-order valence-corrected chi connectivity index (χ4v) is 2.53. The van der Waals surface area contributed by atoms with E-state index in [1.54, 1.807) is 35.1 Å². The van der Waals surface area contributed by atoms with E-state index in [4.69, 9.17) is 11.6 Å². The number of benzene rings is 2. The minimum atomic E-state index is -0.103. The number of para-hydroxylation sites is 1. The predicted molar refractivity (Wildman–Crippen MR) is 86.1 cm³/mol. The van der Waals surface area contributed by atoms with Crippen LogP contribution in [0.25, 0.3) is 5.69 Å². The Morgan fingerprint density at radius 3 is 2.57 bits per heavy atom. The van der Waals surface area contributed by atoms with Gasteiger partial charge >= 0.3 is 0 Å². The summed E-state index contributed by atoms with van der Waals surface area (Å²) in [5.74, 6) is -0.103. The molecule has 0 saturated heterocycles. The van der Waals surface area contributed by atoms with E-state index in [2.05, 4.69) is 21.0 Å². The van der Waals surface area contributed by atoms with Crippen molar-refractivity contribution in [1.29, 1.82) is 0 Å². The number of rotatable bonds is 3. The van der Waals surface area contributed by atoms with Gasteiger partial charge in [0.25, 0.3) is 0 Å². The van der Waals surface area contributed by atoms with Gasteiger partial charge in [-0.2, -0.15) is 5.10 Å². The van der Waals surface area contributed by atoms with E-state index in [-0.39, 0.29) is 5.78 Å². The van der Waals surface area contributed by atoms with E-state index >= 15 is 0 Å². The summed E-state index contributed by atoms with van der Waals surface area (Å²) in [7, 11) is 0. The standard InChI is InChI=1S/C16H10BrClN2O/c17-13-10-11(6-7-14(13)18)16(21)15-8-9-19-20(15)12-4-2-1-3-5-12/h1-10H. The van der Waals surface area contributed by atoms with Crippen molar-refractivity contribution in [2.24, 2.45) is 0 Å². The van der Waals surface area contributed by atoms with Crippen molar-refractivity contribution in [3.8, 4) is 5.69 Å². The van der Waals surface area contributed by atoms with Gasteiger partial charge in [0, 0.05) is 10.0 Å². The Balaban J connectivity index is 2.03. The van der Waals surface area contributed by atoms with Crippen LogP contribution in [0, 0.1) is 0 Å². The van der Waals surface area contributed by atoms with Gasteiger partial charge in [-0.3, -0.25) is 4.79 Å². The zero-order chi connectivity index (χ0) is 14.8. The van der Waals surface area contributed by atoms with E-state index < -0.39 is 0 Å². The number of hydrogen-bond acceptors (Lipinski definition) is 2. The zero-order valence-electron chi connectivity index (χ0n) is 10.8. The molecule has 3 rings (SSSR count). The molecule has 0 aliphatic rings.